The zero-order valence-corrected chi connectivity index (χ0v) is 18.6. The zero-order valence-electron chi connectivity index (χ0n) is 17.8. The number of hydrogen-bond acceptors (Lipinski definition) is 5. The van der Waals surface area contributed by atoms with Gasteiger partial charge in [0.2, 0.25) is 0 Å². The number of halogens is 1. The summed E-state index contributed by atoms with van der Waals surface area (Å²) in [6, 6.07) is 9.82. The van der Waals surface area contributed by atoms with Crippen molar-refractivity contribution in [2.75, 3.05) is 23.0 Å². The molecule has 2 heterocycles. The van der Waals surface area contributed by atoms with Crippen LogP contribution in [0.2, 0.25) is 5.02 Å². The third-order valence-electron chi connectivity index (χ3n) is 5.94. The molecule has 4 rings (SSSR count). The minimum absolute atomic E-state index is 0.0399. The van der Waals surface area contributed by atoms with Gasteiger partial charge >= 0.3 is 0 Å². The summed E-state index contributed by atoms with van der Waals surface area (Å²) in [4.78, 5) is 38.7. The fourth-order valence-electron chi connectivity index (χ4n) is 3.92. The molecule has 166 valence electrons. The van der Waals surface area contributed by atoms with Crippen LogP contribution < -0.4 is 15.3 Å². The number of aryl methyl sites for hydroxylation is 1. The van der Waals surface area contributed by atoms with E-state index in [0.29, 0.717) is 27.9 Å². The van der Waals surface area contributed by atoms with E-state index in [1.165, 1.54) is 12.1 Å². The second kappa shape index (κ2) is 8.63. The Morgan fingerprint density at radius 3 is 2.53 bits per heavy atom. The van der Waals surface area contributed by atoms with E-state index in [1.807, 2.05) is 11.8 Å². The van der Waals surface area contributed by atoms with Crippen LogP contribution in [-0.4, -0.2) is 29.8 Å². The summed E-state index contributed by atoms with van der Waals surface area (Å²) in [6.07, 6.45) is 3.34. The minimum atomic E-state index is -0.580. The molecule has 0 bridgehead atoms. The van der Waals surface area contributed by atoms with Crippen LogP contribution in [-0.2, 0) is 9.59 Å². The lowest BCUT2D eigenvalue weighted by molar-refractivity contribution is -0.384. The van der Waals surface area contributed by atoms with Gasteiger partial charge in [0.1, 0.15) is 11.3 Å². The Bertz CT molecular complexity index is 1140. The number of nitrogens with zero attached hydrogens (tertiary/aromatic N) is 3. The molecule has 0 aliphatic carbocycles. The molecule has 2 amide bonds. The quantitative estimate of drug-likeness (QED) is 0.322. The Balaban J connectivity index is 1.63. The number of rotatable bonds is 4. The summed E-state index contributed by atoms with van der Waals surface area (Å²) >= 11 is 6.14. The molecular weight excluding hydrogens is 432 g/mol. The molecule has 0 atom stereocenters. The maximum atomic E-state index is 12.9. The predicted octanol–water partition coefficient (Wildman–Crippen LogP) is 4.25. The lowest BCUT2D eigenvalue weighted by Gasteiger charge is -2.31. The second-order valence-corrected chi connectivity index (χ2v) is 8.66. The molecule has 0 spiro atoms. The van der Waals surface area contributed by atoms with E-state index in [0.717, 1.165) is 36.5 Å². The summed E-state index contributed by atoms with van der Waals surface area (Å²) in [5.41, 5.74) is 4.62. The molecule has 2 saturated heterocycles. The van der Waals surface area contributed by atoms with Gasteiger partial charge in [-0.05, 0) is 61.1 Å². The van der Waals surface area contributed by atoms with Crippen LogP contribution in [0, 0.1) is 23.0 Å². The monoisotopic (exact) mass is 454 g/mol. The van der Waals surface area contributed by atoms with Crippen molar-refractivity contribution in [3.8, 4) is 0 Å². The topological polar surface area (TPSA) is 95.8 Å². The van der Waals surface area contributed by atoms with Crippen molar-refractivity contribution in [1.29, 1.82) is 0 Å². The number of nitrogens with one attached hydrogen (secondary N) is 1. The number of amides is 2. The lowest BCUT2D eigenvalue weighted by Crippen LogP contribution is -2.35. The molecule has 1 N–H and O–H groups in total. The first kappa shape index (κ1) is 21.8. The van der Waals surface area contributed by atoms with E-state index < -0.39 is 16.7 Å². The number of nitro groups is 1. The molecule has 2 aromatic carbocycles. The maximum absolute atomic E-state index is 12.9. The van der Waals surface area contributed by atoms with Crippen LogP contribution in [0.15, 0.2) is 42.0 Å². The second-order valence-electron chi connectivity index (χ2n) is 8.25. The van der Waals surface area contributed by atoms with Crippen molar-refractivity contribution in [2.24, 2.45) is 5.92 Å². The summed E-state index contributed by atoms with van der Waals surface area (Å²) < 4.78 is 0. The van der Waals surface area contributed by atoms with Gasteiger partial charge < -0.3 is 4.90 Å². The van der Waals surface area contributed by atoms with Crippen LogP contribution in [0.4, 0.5) is 17.1 Å². The highest BCUT2D eigenvalue weighted by atomic mass is 35.5. The Morgan fingerprint density at radius 1 is 1.16 bits per heavy atom. The highest BCUT2D eigenvalue weighted by Gasteiger charge is 2.35. The molecule has 2 aliphatic heterocycles. The molecule has 9 heteroatoms. The molecule has 2 aliphatic rings. The smallest absolute Gasteiger partial charge is 0.293 e. The van der Waals surface area contributed by atoms with Gasteiger partial charge in [-0.15, -0.1) is 0 Å². The van der Waals surface area contributed by atoms with Gasteiger partial charge in [0.25, 0.3) is 17.5 Å². The van der Waals surface area contributed by atoms with E-state index in [1.54, 1.807) is 30.3 Å². The normalized spacial score (nSPS) is 18.4. The van der Waals surface area contributed by atoms with Crippen LogP contribution >= 0.6 is 11.6 Å². The van der Waals surface area contributed by atoms with Crippen molar-refractivity contribution in [1.82, 2.24) is 5.43 Å². The highest BCUT2D eigenvalue weighted by Crippen LogP contribution is 2.33. The van der Waals surface area contributed by atoms with Gasteiger partial charge in [0.15, 0.2) is 0 Å². The number of piperidine rings is 1. The first-order valence-corrected chi connectivity index (χ1v) is 10.8. The molecule has 2 fully saturated rings. The van der Waals surface area contributed by atoms with E-state index >= 15 is 0 Å². The van der Waals surface area contributed by atoms with Crippen molar-refractivity contribution in [3.05, 3.63) is 68.2 Å². The summed E-state index contributed by atoms with van der Waals surface area (Å²) in [5, 5.41) is 13.3. The fraction of sp³-hybridized carbons (Fsp3) is 0.304. The predicted molar refractivity (Wildman–Crippen MR) is 124 cm³/mol. The number of anilines is 2. The van der Waals surface area contributed by atoms with Gasteiger partial charge in [-0.25, -0.2) is 5.01 Å². The Morgan fingerprint density at radius 2 is 1.88 bits per heavy atom. The number of carbonyl (C=O) groups is 2. The Labute approximate surface area is 190 Å². The van der Waals surface area contributed by atoms with E-state index in [9.17, 15) is 19.7 Å². The van der Waals surface area contributed by atoms with Gasteiger partial charge in [-0.1, -0.05) is 30.7 Å². The van der Waals surface area contributed by atoms with Crippen LogP contribution in [0.1, 0.15) is 30.9 Å². The van der Waals surface area contributed by atoms with Crippen molar-refractivity contribution < 1.29 is 14.5 Å². The van der Waals surface area contributed by atoms with Gasteiger partial charge in [0, 0.05) is 24.2 Å². The van der Waals surface area contributed by atoms with E-state index in [-0.39, 0.29) is 11.3 Å². The van der Waals surface area contributed by atoms with Gasteiger partial charge in [-0.3, -0.25) is 25.1 Å². The Hall–Kier alpha value is -3.39. The Kier molecular flexibility index (Phi) is 5.88. The van der Waals surface area contributed by atoms with E-state index in [4.69, 9.17) is 11.6 Å². The fourth-order valence-corrected chi connectivity index (χ4v) is 4.09. The lowest BCUT2D eigenvalue weighted by atomic mass is 9.98. The molecule has 0 radical (unpaired) electrons. The average molecular weight is 455 g/mol. The average Bonchev–Trinajstić information content (AvgIpc) is 3.04. The van der Waals surface area contributed by atoms with Gasteiger partial charge in [-0.2, -0.15) is 0 Å². The number of hydrogen-bond donors (Lipinski definition) is 1. The molecule has 0 saturated carbocycles. The number of benzene rings is 2. The first-order valence-electron chi connectivity index (χ1n) is 10.4. The third-order valence-corrected chi connectivity index (χ3v) is 6.34. The molecule has 32 heavy (non-hydrogen) atoms. The highest BCUT2D eigenvalue weighted by molar-refractivity contribution is 6.33. The van der Waals surface area contributed by atoms with Crippen LogP contribution in [0.5, 0.6) is 0 Å². The molecular formula is C23H23ClN4O4. The number of nitro benzene ring substituents is 1. The minimum Gasteiger partial charge on any atom is -0.366 e. The maximum Gasteiger partial charge on any atom is 0.293 e. The summed E-state index contributed by atoms with van der Waals surface area (Å²) in [6.45, 7) is 5.54. The number of carbonyl (C=O) groups excluding carboxylic acids is 2. The summed E-state index contributed by atoms with van der Waals surface area (Å²) in [7, 11) is 0. The SMILES string of the molecule is Cc1ccc(N2NC(=O)C(=Cc3ccc(N4CCC(C)CC4)c([N+](=O)[O-])c3)C2=O)cc1Cl. The van der Waals surface area contributed by atoms with Crippen LogP contribution in [0.25, 0.3) is 6.08 Å². The summed E-state index contributed by atoms with van der Waals surface area (Å²) in [5.74, 6) is -0.525. The van der Waals surface area contributed by atoms with Crippen molar-refractivity contribution >= 4 is 46.6 Å². The standard InChI is InChI=1S/C23H23ClN4O4/c1-14-7-9-26(10-8-14)20-6-4-16(12-21(20)28(31)32)11-18-22(29)25-27(23(18)30)17-5-3-15(2)19(24)13-17/h3-6,11-14H,7-10H2,1-2H3,(H,25,29). The van der Waals surface area contributed by atoms with Gasteiger partial charge in [0.05, 0.1) is 10.6 Å². The van der Waals surface area contributed by atoms with Crippen molar-refractivity contribution in [3.63, 3.8) is 0 Å². The number of hydrazine groups is 1. The van der Waals surface area contributed by atoms with Crippen LogP contribution in [0.3, 0.4) is 0 Å². The largest absolute Gasteiger partial charge is 0.366 e. The first-order chi connectivity index (χ1) is 15.2. The zero-order chi connectivity index (χ0) is 23.0. The molecule has 8 nitrogen and oxygen atoms in total. The molecule has 0 unspecified atom stereocenters. The molecule has 0 aromatic heterocycles. The third kappa shape index (κ3) is 4.18. The molecule has 2 aromatic rings. The van der Waals surface area contributed by atoms with E-state index in [2.05, 4.69) is 12.3 Å². The van der Waals surface area contributed by atoms with Crippen molar-refractivity contribution in [2.45, 2.75) is 26.7 Å².